The highest BCUT2D eigenvalue weighted by molar-refractivity contribution is 5.77. The number of amides is 1. The molecule has 0 saturated carbocycles. The first kappa shape index (κ1) is 12.1. The maximum Gasteiger partial charge on any atom is 0.221 e. The molecule has 1 fully saturated rings. The van der Waals surface area contributed by atoms with Crippen molar-refractivity contribution in [2.24, 2.45) is 11.7 Å². The molecule has 0 aromatic heterocycles. The predicted octanol–water partition coefficient (Wildman–Crippen LogP) is 1.61. The first-order chi connectivity index (χ1) is 8.06. The van der Waals surface area contributed by atoms with Gasteiger partial charge in [-0.1, -0.05) is 18.2 Å². The molecule has 17 heavy (non-hydrogen) atoms. The van der Waals surface area contributed by atoms with Gasteiger partial charge in [-0.25, -0.2) is 0 Å². The van der Waals surface area contributed by atoms with Gasteiger partial charge in [0.2, 0.25) is 5.91 Å². The molecule has 1 aromatic rings. The zero-order chi connectivity index (χ0) is 12.4. The van der Waals surface area contributed by atoms with Crippen molar-refractivity contribution in [2.45, 2.75) is 26.8 Å². The van der Waals surface area contributed by atoms with Crippen molar-refractivity contribution in [3.8, 4) is 0 Å². The third kappa shape index (κ3) is 2.86. The van der Waals surface area contributed by atoms with Crippen molar-refractivity contribution < 1.29 is 4.79 Å². The molecule has 2 rings (SSSR count). The van der Waals surface area contributed by atoms with Gasteiger partial charge < -0.3 is 5.73 Å². The Balaban J connectivity index is 1.98. The van der Waals surface area contributed by atoms with Gasteiger partial charge in [-0.2, -0.15) is 0 Å². The molecule has 0 spiro atoms. The van der Waals surface area contributed by atoms with Crippen LogP contribution in [-0.2, 0) is 11.3 Å². The van der Waals surface area contributed by atoms with Crippen LogP contribution in [0.1, 0.15) is 23.1 Å². The van der Waals surface area contributed by atoms with Crippen molar-refractivity contribution in [3.05, 3.63) is 34.9 Å². The van der Waals surface area contributed by atoms with Gasteiger partial charge in [-0.15, -0.1) is 0 Å². The zero-order valence-corrected chi connectivity index (χ0v) is 10.6. The molecule has 1 amide bonds. The topological polar surface area (TPSA) is 46.3 Å². The first-order valence-corrected chi connectivity index (χ1v) is 6.14. The molecule has 0 aliphatic carbocycles. The summed E-state index contributed by atoms with van der Waals surface area (Å²) in [5.74, 6) is -0.117. The van der Waals surface area contributed by atoms with Crippen LogP contribution in [0, 0.1) is 19.8 Å². The summed E-state index contributed by atoms with van der Waals surface area (Å²) in [5.41, 5.74) is 9.30. The second-order valence-electron chi connectivity index (χ2n) is 5.04. The van der Waals surface area contributed by atoms with E-state index in [1.54, 1.807) is 0 Å². The molecule has 3 heteroatoms. The number of carbonyl (C=O) groups is 1. The number of rotatable bonds is 3. The van der Waals surface area contributed by atoms with Gasteiger partial charge >= 0.3 is 0 Å². The first-order valence-electron chi connectivity index (χ1n) is 6.14. The Morgan fingerprint density at radius 2 is 2.18 bits per heavy atom. The number of benzene rings is 1. The second-order valence-corrected chi connectivity index (χ2v) is 5.04. The number of carbonyl (C=O) groups excluding carboxylic acids is 1. The Kier molecular flexibility index (Phi) is 3.48. The van der Waals surface area contributed by atoms with E-state index < -0.39 is 0 Å². The van der Waals surface area contributed by atoms with Crippen LogP contribution in [0.5, 0.6) is 0 Å². The summed E-state index contributed by atoms with van der Waals surface area (Å²) >= 11 is 0. The number of hydrogen-bond donors (Lipinski definition) is 1. The molecule has 1 heterocycles. The van der Waals surface area contributed by atoms with E-state index in [9.17, 15) is 4.79 Å². The van der Waals surface area contributed by atoms with Gasteiger partial charge in [-0.05, 0) is 43.5 Å². The molecule has 0 unspecified atom stereocenters. The van der Waals surface area contributed by atoms with Gasteiger partial charge in [-0.3, -0.25) is 9.69 Å². The average Bonchev–Trinajstić information content (AvgIpc) is 2.72. The number of primary amides is 1. The van der Waals surface area contributed by atoms with E-state index in [-0.39, 0.29) is 11.8 Å². The number of nitrogens with two attached hydrogens (primary N) is 1. The van der Waals surface area contributed by atoms with E-state index in [0.717, 1.165) is 26.1 Å². The molecule has 1 aliphatic rings. The summed E-state index contributed by atoms with van der Waals surface area (Å²) in [6.07, 6.45) is 0.903. The maximum atomic E-state index is 11.1. The van der Waals surface area contributed by atoms with Gasteiger partial charge in [0.25, 0.3) is 0 Å². The molecular formula is C14H20N2O. The normalized spacial score (nSPS) is 20.7. The maximum absolute atomic E-state index is 11.1. The van der Waals surface area contributed by atoms with E-state index in [0.29, 0.717) is 0 Å². The van der Waals surface area contributed by atoms with E-state index in [1.165, 1.54) is 16.7 Å². The molecule has 92 valence electrons. The van der Waals surface area contributed by atoms with Crippen molar-refractivity contribution in [1.29, 1.82) is 0 Å². The standard InChI is InChI=1S/C14H20N2O/c1-10-3-4-12(7-11(10)2)8-16-6-5-13(9-16)14(15)17/h3-4,7,13H,5-6,8-9H2,1-2H3,(H2,15,17)/t13-/m1/s1. The summed E-state index contributed by atoms with van der Waals surface area (Å²) in [5, 5.41) is 0. The fourth-order valence-corrected chi connectivity index (χ4v) is 2.37. The molecule has 1 aliphatic heterocycles. The lowest BCUT2D eigenvalue weighted by atomic mass is 10.1. The molecular weight excluding hydrogens is 212 g/mol. The van der Waals surface area contributed by atoms with Crippen molar-refractivity contribution >= 4 is 5.91 Å². The smallest absolute Gasteiger partial charge is 0.221 e. The largest absolute Gasteiger partial charge is 0.369 e. The highest BCUT2D eigenvalue weighted by Crippen LogP contribution is 2.19. The molecule has 1 aromatic carbocycles. The second kappa shape index (κ2) is 4.88. The number of aryl methyl sites for hydroxylation is 2. The van der Waals surface area contributed by atoms with Gasteiger partial charge in [0.15, 0.2) is 0 Å². The average molecular weight is 232 g/mol. The minimum absolute atomic E-state index is 0.0431. The third-order valence-electron chi connectivity index (χ3n) is 3.65. The fourth-order valence-electron chi connectivity index (χ4n) is 2.37. The summed E-state index contributed by atoms with van der Waals surface area (Å²) in [7, 11) is 0. The molecule has 0 bridgehead atoms. The van der Waals surface area contributed by atoms with Gasteiger partial charge in [0.1, 0.15) is 0 Å². The molecule has 0 radical (unpaired) electrons. The Bertz CT molecular complexity index is 428. The van der Waals surface area contributed by atoms with Crippen LogP contribution >= 0.6 is 0 Å². The molecule has 1 saturated heterocycles. The summed E-state index contributed by atoms with van der Waals surface area (Å²) in [4.78, 5) is 13.4. The van der Waals surface area contributed by atoms with E-state index in [2.05, 4.69) is 36.9 Å². The van der Waals surface area contributed by atoms with E-state index in [4.69, 9.17) is 5.73 Å². The monoisotopic (exact) mass is 232 g/mol. The molecule has 3 nitrogen and oxygen atoms in total. The van der Waals surface area contributed by atoms with Crippen LogP contribution in [0.25, 0.3) is 0 Å². The van der Waals surface area contributed by atoms with Crippen molar-refractivity contribution in [1.82, 2.24) is 4.90 Å². The summed E-state index contributed by atoms with van der Waals surface area (Å²) in [6, 6.07) is 6.55. The van der Waals surface area contributed by atoms with Crippen LogP contribution in [-0.4, -0.2) is 23.9 Å². The predicted molar refractivity (Wildman–Crippen MR) is 68.5 cm³/mol. The Morgan fingerprint density at radius 3 is 2.76 bits per heavy atom. The Hall–Kier alpha value is -1.35. The lowest BCUT2D eigenvalue weighted by molar-refractivity contribution is -0.121. The minimum atomic E-state index is -0.160. The minimum Gasteiger partial charge on any atom is -0.369 e. The number of hydrogen-bond acceptors (Lipinski definition) is 2. The zero-order valence-electron chi connectivity index (χ0n) is 10.6. The number of likely N-dealkylation sites (tertiary alicyclic amines) is 1. The summed E-state index contributed by atoms with van der Waals surface area (Å²) in [6.45, 7) is 6.96. The Labute approximate surface area is 103 Å². The Morgan fingerprint density at radius 1 is 1.41 bits per heavy atom. The highest BCUT2D eigenvalue weighted by Gasteiger charge is 2.26. The van der Waals surface area contributed by atoms with Gasteiger partial charge in [0, 0.05) is 13.1 Å². The van der Waals surface area contributed by atoms with Crippen molar-refractivity contribution in [3.63, 3.8) is 0 Å². The molecule has 1 atom stereocenters. The van der Waals surface area contributed by atoms with Crippen LogP contribution in [0.15, 0.2) is 18.2 Å². The quantitative estimate of drug-likeness (QED) is 0.860. The molecule has 2 N–H and O–H groups in total. The van der Waals surface area contributed by atoms with Crippen LogP contribution in [0.4, 0.5) is 0 Å². The lowest BCUT2D eigenvalue weighted by Crippen LogP contribution is -2.27. The highest BCUT2D eigenvalue weighted by atomic mass is 16.1. The SMILES string of the molecule is Cc1ccc(CN2CC[C@@H](C(N)=O)C2)cc1C. The third-order valence-corrected chi connectivity index (χ3v) is 3.65. The van der Waals surface area contributed by atoms with E-state index in [1.807, 2.05) is 0 Å². The van der Waals surface area contributed by atoms with Crippen LogP contribution in [0.3, 0.4) is 0 Å². The van der Waals surface area contributed by atoms with Gasteiger partial charge in [0.05, 0.1) is 5.92 Å². The van der Waals surface area contributed by atoms with E-state index >= 15 is 0 Å². The summed E-state index contributed by atoms with van der Waals surface area (Å²) < 4.78 is 0. The van der Waals surface area contributed by atoms with Crippen LogP contribution in [0.2, 0.25) is 0 Å². The van der Waals surface area contributed by atoms with Crippen molar-refractivity contribution in [2.75, 3.05) is 13.1 Å². The number of nitrogens with zero attached hydrogens (tertiary/aromatic N) is 1. The lowest BCUT2D eigenvalue weighted by Gasteiger charge is -2.16. The fraction of sp³-hybridized carbons (Fsp3) is 0.500. The van der Waals surface area contributed by atoms with Crippen LogP contribution < -0.4 is 5.73 Å².